The molecule has 0 spiro atoms. The van der Waals surface area contributed by atoms with E-state index in [4.69, 9.17) is 4.74 Å². The molecule has 0 aliphatic carbocycles. The second-order valence-corrected chi connectivity index (χ2v) is 5.48. The van der Waals surface area contributed by atoms with Crippen molar-refractivity contribution in [3.05, 3.63) is 65.2 Å². The average molecular weight is 362 g/mol. The van der Waals surface area contributed by atoms with Crippen LogP contribution in [0.5, 0.6) is 5.75 Å². The lowest BCUT2D eigenvalue weighted by Crippen LogP contribution is -2.35. The molecule has 138 valence electrons. The third kappa shape index (κ3) is 5.84. The first-order chi connectivity index (χ1) is 12.5. The van der Waals surface area contributed by atoms with Gasteiger partial charge in [0.25, 0.3) is 5.91 Å². The van der Waals surface area contributed by atoms with Crippen LogP contribution >= 0.6 is 0 Å². The largest absolute Gasteiger partial charge is 0.494 e. The molecule has 0 unspecified atom stereocenters. The van der Waals surface area contributed by atoms with Crippen LogP contribution in [-0.4, -0.2) is 31.5 Å². The summed E-state index contributed by atoms with van der Waals surface area (Å²) in [5, 5.41) is 5.13. The highest BCUT2D eigenvalue weighted by atomic mass is 19.1. The Morgan fingerprint density at radius 3 is 2.35 bits per heavy atom. The van der Waals surface area contributed by atoms with E-state index in [-0.39, 0.29) is 31.0 Å². The standard InChI is InChI=1S/C19H20F2N2O3/c1-2-26-15-6-3-13(4-7-15)11-18(24)22-9-10-23-19(25)16-8-5-14(20)12-17(16)21/h3-8,12H,2,9-11H2,1H3,(H,22,24)(H,23,25). The Labute approximate surface area is 150 Å². The molecule has 0 saturated carbocycles. The van der Waals surface area contributed by atoms with Crippen molar-refractivity contribution in [1.82, 2.24) is 10.6 Å². The summed E-state index contributed by atoms with van der Waals surface area (Å²) in [6, 6.07) is 9.94. The zero-order valence-electron chi connectivity index (χ0n) is 14.4. The summed E-state index contributed by atoms with van der Waals surface area (Å²) in [6.45, 7) is 2.80. The Morgan fingerprint density at radius 1 is 1.00 bits per heavy atom. The van der Waals surface area contributed by atoms with Crippen molar-refractivity contribution >= 4 is 11.8 Å². The van der Waals surface area contributed by atoms with Gasteiger partial charge < -0.3 is 15.4 Å². The molecule has 26 heavy (non-hydrogen) atoms. The van der Waals surface area contributed by atoms with Crippen molar-refractivity contribution in [2.75, 3.05) is 19.7 Å². The number of carbonyl (C=O) groups is 2. The van der Waals surface area contributed by atoms with Crippen LogP contribution in [0.3, 0.4) is 0 Å². The minimum absolute atomic E-state index is 0.130. The smallest absolute Gasteiger partial charge is 0.254 e. The van der Waals surface area contributed by atoms with Crippen LogP contribution in [0.1, 0.15) is 22.8 Å². The van der Waals surface area contributed by atoms with Crippen LogP contribution in [0.4, 0.5) is 8.78 Å². The molecular formula is C19H20F2N2O3. The third-order valence-electron chi connectivity index (χ3n) is 3.51. The van der Waals surface area contributed by atoms with Crippen LogP contribution in [0.15, 0.2) is 42.5 Å². The molecule has 2 aromatic carbocycles. The number of hydrogen-bond acceptors (Lipinski definition) is 3. The van der Waals surface area contributed by atoms with Crippen molar-refractivity contribution in [3.63, 3.8) is 0 Å². The normalized spacial score (nSPS) is 10.3. The van der Waals surface area contributed by atoms with Gasteiger partial charge in [-0.3, -0.25) is 9.59 Å². The molecule has 0 radical (unpaired) electrons. The molecule has 2 aromatic rings. The fraction of sp³-hybridized carbons (Fsp3) is 0.263. The van der Waals surface area contributed by atoms with Crippen LogP contribution in [-0.2, 0) is 11.2 Å². The molecule has 0 aliphatic rings. The van der Waals surface area contributed by atoms with Crippen molar-refractivity contribution in [1.29, 1.82) is 0 Å². The van der Waals surface area contributed by atoms with Crippen molar-refractivity contribution < 1.29 is 23.1 Å². The van der Waals surface area contributed by atoms with E-state index in [0.29, 0.717) is 12.7 Å². The van der Waals surface area contributed by atoms with Crippen molar-refractivity contribution in [2.45, 2.75) is 13.3 Å². The van der Waals surface area contributed by atoms with Crippen LogP contribution < -0.4 is 15.4 Å². The van der Waals surface area contributed by atoms with Gasteiger partial charge in [-0.25, -0.2) is 8.78 Å². The molecule has 0 heterocycles. The summed E-state index contributed by atoms with van der Waals surface area (Å²) in [7, 11) is 0. The quantitative estimate of drug-likeness (QED) is 0.709. The van der Waals surface area contributed by atoms with Crippen molar-refractivity contribution in [3.8, 4) is 5.75 Å². The van der Waals surface area contributed by atoms with E-state index in [1.54, 1.807) is 12.1 Å². The van der Waals surface area contributed by atoms with Gasteiger partial charge in [0.2, 0.25) is 5.91 Å². The van der Waals surface area contributed by atoms with Gasteiger partial charge in [-0.2, -0.15) is 0 Å². The van der Waals surface area contributed by atoms with Crippen LogP contribution in [0, 0.1) is 11.6 Å². The molecular weight excluding hydrogens is 342 g/mol. The number of amides is 2. The molecule has 0 saturated heterocycles. The molecule has 2 rings (SSSR count). The summed E-state index contributed by atoms with van der Waals surface area (Å²) >= 11 is 0. The van der Waals surface area contributed by atoms with E-state index in [9.17, 15) is 18.4 Å². The minimum Gasteiger partial charge on any atom is -0.494 e. The average Bonchev–Trinajstić information content (AvgIpc) is 2.60. The Bertz CT molecular complexity index is 764. The highest BCUT2D eigenvalue weighted by molar-refractivity contribution is 5.94. The lowest BCUT2D eigenvalue weighted by atomic mass is 10.1. The highest BCUT2D eigenvalue weighted by Gasteiger charge is 2.12. The second kappa shape index (κ2) is 9.50. The molecule has 0 bridgehead atoms. The Hall–Kier alpha value is -2.96. The summed E-state index contributed by atoms with van der Waals surface area (Å²) in [5.74, 6) is -1.80. The van der Waals surface area contributed by atoms with Crippen LogP contribution in [0.25, 0.3) is 0 Å². The van der Waals surface area contributed by atoms with Gasteiger partial charge in [0.1, 0.15) is 17.4 Å². The topological polar surface area (TPSA) is 67.4 Å². The van der Waals surface area contributed by atoms with E-state index in [1.165, 1.54) is 0 Å². The molecule has 0 fully saturated rings. The predicted molar refractivity (Wildman–Crippen MR) is 93.0 cm³/mol. The number of nitrogens with one attached hydrogen (secondary N) is 2. The maximum absolute atomic E-state index is 13.5. The maximum Gasteiger partial charge on any atom is 0.254 e. The third-order valence-corrected chi connectivity index (χ3v) is 3.51. The van der Waals surface area contributed by atoms with E-state index >= 15 is 0 Å². The lowest BCUT2D eigenvalue weighted by Gasteiger charge is -2.08. The van der Waals surface area contributed by atoms with Crippen LogP contribution in [0.2, 0.25) is 0 Å². The molecule has 0 atom stereocenters. The number of hydrogen-bond donors (Lipinski definition) is 2. The van der Waals surface area contributed by atoms with E-state index in [1.807, 2.05) is 19.1 Å². The van der Waals surface area contributed by atoms with Gasteiger partial charge in [0.05, 0.1) is 18.6 Å². The Kier molecular flexibility index (Phi) is 7.08. The van der Waals surface area contributed by atoms with E-state index < -0.39 is 17.5 Å². The Balaban J connectivity index is 1.71. The minimum atomic E-state index is -0.929. The summed E-state index contributed by atoms with van der Waals surface area (Å²) < 4.78 is 31.6. The maximum atomic E-state index is 13.5. The SMILES string of the molecule is CCOc1ccc(CC(=O)NCCNC(=O)c2ccc(F)cc2F)cc1. The van der Waals surface area contributed by atoms with E-state index in [2.05, 4.69) is 10.6 Å². The van der Waals surface area contributed by atoms with Gasteiger partial charge >= 0.3 is 0 Å². The second-order valence-electron chi connectivity index (χ2n) is 5.48. The van der Waals surface area contributed by atoms with Gasteiger partial charge in [0.15, 0.2) is 0 Å². The van der Waals surface area contributed by atoms with E-state index in [0.717, 1.165) is 23.4 Å². The van der Waals surface area contributed by atoms with Gasteiger partial charge in [0, 0.05) is 19.2 Å². The molecule has 5 nitrogen and oxygen atoms in total. The number of carbonyl (C=O) groups excluding carboxylic acids is 2. The zero-order valence-corrected chi connectivity index (χ0v) is 14.4. The number of ether oxygens (including phenoxy) is 1. The molecule has 0 aliphatic heterocycles. The first kappa shape index (κ1) is 19.4. The monoisotopic (exact) mass is 362 g/mol. The van der Waals surface area contributed by atoms with Gasteiger partial charge in [-0.05, 0) is 36.8 Å². The number of rotatable bonds is 8. The highest BCUT2D eigenvalue weighted by Crippen LogP contribution is 2.12. The Morgan fingerprint density at radius 2 is 1.69 bits per heavy atom. The molecule has 2 N–H and O–H groups in total. The summed E-state index contributed by atoms with van der Waals surface area (Å²) in [6.07, 6.45) is 0.201. The fourth-order valence-electron chi connectivity index (χ4n) is 2.26. The summed E-state index contributed by atoms with van der Waals surface area (Å²) in [4.78, 5) is 23.7. The fourth-order valence-corrected chi connectivity index (χ4v) is 2.26. The van der Waals surface area contributed by atoms with Gasteiger partial charge in [-0.15, -0.1) is 0 Å². The number of benzene rings is 2. The van der Waals surface area contributed by atoms with Crippen molar-refractivity contribution in [2.24, 2.45) is 0 Å². The molecule has 2 amide bonds. The predicted octanol–water partition coefficient (Wildman–Crippen LogP) is 2.45. The zero-order chi connectivity index (χ0) is 18.9. The first-order valence-corrected chi connectivity index (χ1v) is 8.21. The number of halogens is 2. The lowest BCUT2D eigenvalue weighted by molar-refractivity contribution is -0.120. The van der Waals surface area contributed by atoms with Gasteiger partial charge in [-0.1, -0.05) is 12.1 Å². The summed E-state index contributed by atoms with van der Waals surface area (Å²) in [5.41, 5.74) is 0.593. The molecule has 7 heteroatoms. The first-order valence-electron chi connectivity index (χ1n) is 8.21. The molecule has 0 aromatic heterocycles.